The molecule has 0 aliphatic rings. The highest BCUT2D eigenvalue weighted by atomic mass is 35.5. The molecule has 2 heterocycles. The van der Waals surface area contributed by atoms with E-state index in [0.717, 1.165) is 44.8 Å². The van der Waals surface area contributed by atoms with Crippen molar-refractivity contribution in [1.29, 1.82) is 0 Å². The molecule has 0 atom stereocenters. The van der Waals surface area contributed by atoms with Gasteiger partial charge in [-0.15, -0.1) is 0 Å². The van der Waals surface area contributed by atoms with E-state index in [2.05, 4.69) is 52.1 Å². The Kier molecular flexibility index (Phi) is 4.67. The minimum atomic E-state index is 0.660. The fraction of sp³-hybridized carbons (Fsp3) is 0.0455. The van der Waals surface area contributed by atoms with Gasteiger partial charge >= 0.3 is 0 Å². The summed E-state index contributed by atoms with van der Waals surface area (Å²) in [5, 5.41) is 12.5. The number of hydrogen-bond donors (Lipinski definition) is 3. The van der Waals surface area contributed by atoms with E-state index in [1.807, 2.05) is 49.9 Å². The van der Waals surface area contributed by atoms with E-state index in [1.165, 1.54) is 0 Å². The number of fused-ring (bicyclic) bond motifs is 1. The molecule has 28 heavy (non-hydrogen) atoms. The number of nitrogens with zero attached hydrogens (tertiary/aromatic N) is 2. The minimum Gasteiger partial charge on any atom is -0.387 e. The summed E-state index contributed by atoms with van der Waals surface area (Å²) in [6.45, 7) is 7.95. The predicted molar refractivity (Wildman–Crippen MR) is 117 cm³/mol. The Morgan fingerprint density at radius 1 is 1.11 bits per heavy atom. The van der Waals surface area contributed by atoms with Crippen LogP contribution in [0, 0.1) is 0 Å². The zero-order valence-electron chi connectivity index (χ0n) is 15.5. The molecule has 2 aromatic carbocycles. The number of hydrogen-bond acceptors (Lipinski definition) is 3. The van der Waals surface area contributed by atoms with E-state index in [-0.39, 0.29) is 0 Å². The van der Waals surface area contributed by atoms with E-state index < -0.39 is 0 Å². The fourth-order valence-electron chi connectivity index (χ4n) is 3.03. The van der Waals surface area contributed by atoms with Crippen LogP contribution in [0.2, 0.25) is 5.02 Å². The van der Waals surface area contributed by atoms with Gasteiger partial charge < -0.3 is 15.6 Å². The van der Waals surface area contributed by atoms with E-state index in [4.69, 9.17) is 11.6 Å². The number of para-hydroxylation sites is 1. The van der Waals surface area contributed by atoms with Crippen LogP contribution in [0.25, 0.3) is 27.7 Å². The van der Waals surface area contributed by atoms with Crippen LogP contribution in [0.1, 0.15) is 0 Å². The number of aromatic nitrogens is 3. The number of halogens is 1. The lowest BCUT2D eigenvalue weighted by atomic mass is 10.1. The van der Waals surface area contributed by atoms with Crippen molar-refractivity contribution in [2.75, 3.05) is 12.4 Å². The van der Waals surface area contributed by atoms with Crippen molar-refractivity contribution in [2.24, 2.45) is 0 Å². The third-order valence-electron chi connectivity index (χ3n) is 4.65. The van der Waals surface area contributed by atoms with Crippen LogP contribution in [0.3, 0.4) is 0 Å². The van der Waals surface area contributed by atoms with Gasteiger partial charge in [0, 0.05) is 41.6 Å². The predicted octanol–water partition coefficient (Wildman–Crippen LogP) is 5.33. The molecule has 3 N–H and O–H groups in total. The first kappa shape index (κ1) is 17.9. The highest BCUT2D eigenvalue weighted by Crippen LogP contribution is 2.30. The highest BCUT2D eigenvalue weighted by Gasteiger charge is 2.10. The van der Waals surface area contributed by atoms with Crippen molar-refractivity contribution in [3.63, 3.8) is 0 Å². The van der Waals surface area contributed by atoms with E-state index in [0.29, 0.717) is 5.02 Å². The summed E-state index contributed by atoms with van der Waals surface area (Å²) in [6.07, 6.45) is 5.74. The summed E-state index contributed by atoms with van der Waals surface area (Å²) < 4.78 is 1.79. The first-order valence-corrected chi connectivity index (χ1v) is 9.18. The number of benzene rings is 2. The van der Waals surface area contributed by atoms with Crippen molar-refractivity contribution < 1.29 is 0 Å². The number of H-pyrrole nitrogens is 1. The van der Waals surface area contributed by atoms with Gasteiger partial charge in [-0.05, 0) is 29.8 Å². The standard InChI is InChI=1S/C22H20ClN5/c1-14(24-3)15(2)27-21-12-25-20-9-8-16(10-18(20)21)17-11-26-28(13-17)22-7-5-4-6-19(22)23/h4-13,24-25,27H,1-2H2,3H3. The normalized spacial score (nSPS) is 10.8. The Morgan fingerprint density at radius 3 is 2.71 bits per heavy atom. The van der Waals surface area contributed by atoms with E-state index in [1.54, 1.807) is 4.68 Å². The molecule has 4 rings (SSSR count). The molecular weight excluding hydrogens is 370 g/mol. The number of likely N-dealkylation sites (N-methyl/N-ethyl adjacent to an activating group) is 1. The first-order chi connectivity index (χ1) is 13.6. The quantitative estimate of drug-likeness (QED) is 0.390. The molecule has 0 fully saturated rings. The third-order valence-corrected chi connectivity index (χ3v) is 4.97. The molecule has 0 amide bonds. The molecule has 4 aromatic rings. The van der Waals surface area contributed by atoms with Crippen LogP contribution in [-0.2, 0) is 0 Å². The van der Waals surface area contributed by atoms with Crippen molar-refractivity contribution in [3.8, 4) is 16.8 Å². The Balaban J connectivity index is 1.69. The summed E-state index contributed by atoms with van der Waals surface area (Å²) >= 11 is 6.29. The van der Waals surface area contributed by atoms with Crippen LogP contribution in [-0.4, -0.2) is 21.8 Å². The van der Waals surface area contributed by atoms with Crippen molar-refractivity contribution in [3.05, 3.63) is 90.6 Å². The molecule has 0 aliphatic carbocycles. The van der Waals surface area contributed by atoms with Gasteiger partial charge in [0.05, 0.1) is 28.3 Å². The zero-order valence-corrected chi connectivity index (χ0v) is 16.2. The van der Waals surface area contributed by atoms with Gasteiger partial charge in [-0.3, -0.25) is 0 Å². The van der Waals surface area contributed by atoms with Crippen LogP contribution in [0.4, 0.5) is 5.69 Å². The Bertz CT molecular complexity index is 1180. The molecule has 0 saturated heterocycles. The van der Waals surface area contributed by atoms with E-state index >= 15 is 0 Å². The molecule has 0 unspecified atom stereocenters. The fourth-order valence-corrected chi connectivity index (χ4v) is 3.26. The lowest BCUT2D eigenvalue weighted by Crippen LogP contribution is -2.11. The molecule has 6 heteroatoms. The van der Waals surface area contributed by atoms with Crippen molar-refractivity contribution in [2.45, 2.75) is 0 Å². The maximum absolute atomic E-state index is 6.29. The van der Waals surface area contributed by atoms with Gasteiger partial charge in [0.1, 0.15) is 0 Å². The lowest BCUT2D eigenvalue weighted by Gasteiger charge is -2.11. The SMILES string of the molecule is C=C(NC)C(=C)Nc1c[nH]c2ccc(-c3cnn(-c4ccccc4Cl)c3)cc12. The average Bonchev–Trinajstić information content (AvgIpc) is 3.35. The van der Waals surface area contributed by atoms with Crippen LogP contribution >= 0.6 is 11.6 Å². The van der Waals surface area contributed by atoms with Gasteiger partial charge in [0.25, 0.3) is 0 Å². The molecule has 140 valence electrons. The van der Waals surface area contributed by atoms with Crippen molar-refractivity contribution in [1.82, 2.24) is 20.1 Å². The molecule has 5 nitrogen and oxygen atoms in total. The maximum atomic E-state index is 6.29. The summed E-state index contributed by atoms with van der Waals surface area (Å²) in [4.78, 5) is 3.28. The number of nitrogens with one attached hydrogen (secondary N) is 3. The second kappa shape index (κ2) is 7.29. The molecule has 0 radical (unpaired) electrons. The summed E-state index contributed by atoms with van der Waals surface area (Å²) in [5.41, 5.74) is 6.36. The number of aromatic amines is 1. The Labute approximate surface area is 168 Å². The lowest BCUT2D eigenvalue weighted by molar-refractivity contribution is 0.881. The maximum Gasteiger partial charge on any atom is 0.0831 e. The van der Waals surface area contributed by atoms with Gasteiger partial charge in [-0.1, -0.05) is 43.0 Å². The summed E-state index contributed by atoms with van der Waals surface area (Å²) in [7, 11) is 1.82. The van der Waals surface area contributed by atoms with Gasteiger partial charge in [-0.2, -0.15) is 5.10 Å². The second-order valence-electron chi connectivity index (χ2n) is 6.42. The monoisotopic (exact) mass is 389 g/mol. The topological polar surface area (TPSA) is 57.7 Å². The number of rotatable bonds is 6. The zero-order chi connectivity index (χ0) is 19.7. The molecular formula is C22H20ClN5. The first-order valence-electron chi connectivity index (χ1n) is 8.81. The Hall–Kier alpha value is -3.44. The number of anilines is 1. The molecule has 0 saturated carbocycles. The molecule has 0 aliphatic heterocycles. The third kappa shape index (κ3) is 3.28. The largest absolute Gasteiger partial charge is 0.387 e. The molecule has 2 aromatic heterocycles. The van der Waals surface area contributed by atoms with Gasteiger partial charge in [0.2, 0.25) is 0 Å². The smallest absolute Gasteiger partial charge is 0.0831 e. The summed E-state index contributed by atoms with van der Waals surface area (Å²) in [5.74, 6) is 0. The average molecular weight is 390 g/mol. The Morgan fingerprint density at radius 2 is 1.93 bits per heavy atom. The highest BCUT2D eigenvalue weighted by molar-refractivity contribution is 6.32. The van der Waals surface area contributed by atoms with Gasteiger partial charge in [0.15, 0.2) is 0 Å². The van der Waals surface area contributed by atoms with Crippen LogP contribution < -0.4 is 10.6 Å². The van der Waals surface area contributed by atoms with Crippen molar-refractivity contribution >= 4 is 28.2 Å². The summed E-state index contributed by atoms with van der Waals surface area (Å²) in [6, 6.07) is 13.9. The van der Waals surface area contributed by atoms with Gasteiger partial charge in [-0.25, -0.2) is 4.68 Å². The van der Waals surface area contributed by atoms with Crippen LogP contribution in [0.15, 0.2) is 85.6 Å². The van der Waals surface area contributed by atoms with E-state index in [9.17, 15) is 0 Å². The second-order valence-corrected chi connectivity index (χ2v) is 6.83. The van der Waals surface area contributed by atoms with Crippen LogP contribution in [0.5, 0.6) is 0 Å². The molecule has 0 spiro atoms. The minimum absolute atomic E-state index is 0.660. The molecule has 0 bridgehead atoms.